The quantitative estimate of drug-likeness (QED) is 0.614. The molecule has 140 valence electrons. The summed E-state index contributed by atoms with van der Waals surface area (Å²) >= 11 is 0. The Morgan fingerprint density at radius 1 is 0.962 bits per heavy atom. The third-order valence-corrected chi connectivity index (χ3v) is 5.35. The number of amides is 2. The number of hydrogen-bond donors (Lipinski definition) is 0. The average molecular weight is 359 g/mol. The molecular weight excluding hydrogens is 334 g/mol. The third kappa shape index (κ3) is 4.20. The van der Waals surface area contributed by atoms with E-state index in [4.69, 9.17) is 0 Å². The molecule has 1 aromatic rings. The summed E-state index contributed by atoms with van der Waals surface area (Å²) in [5.41, 5.74) is 0.249. The van der Waals surface area contributed by atoms with Gasteiger partial charge in [-0.25, -0.2) is 0 Å². The summed E-state index contributed by atoms with van der Waals surface area (Å²) in [6.07, 6.45) is 5.87. The Labute approximate surface area is 153 Å². The second-order valence-electron chi connectivity index (χ2n) is 7.11. The molecule has 2 amide bonds. The Hall–Kier alpha value is -2.44. The number of hydrogen-bond acceptors (Lipinski definition) is 4. The van der Waals surface area contributed by atoms with Crippen molar-refractivity contribution in [3.05, 3.63) is 39.9 Å². The lowest BCUT2D eigenvalue weighted by atomic mass is 9.94. The highest BCUT2D eigenvalue weighted by molar-refractivity contribution is 5.95. The van der Waals surface area contributed by atoms with Crippen molar-refractivity contribution in [2.75, 3.05) is 26.2 Å². The minimum Gasteiger partial charge on any atom is -0.342 e. The number of carbonyl (C=O) groups excluding carboxylic acids is 2. The van der Waals surface area contributed by atoms with Gasteiger partial charge in [-0.3, -0.25) is 19.7 Å². The summed E-state index contributed by atoms with van der Waals surface area (Å²) in [5, 5.41) is 10.9. The van der Waals surface area contributed by atoms with Crippen molar-refractivity contribution in [2.45, 2.75) is 38.5 Å². The molecule has 0 N–H and O–H groups in total. The smallest absolute Gasteiger partial charge is 0.270 e. The first kappa shape index (κ1) is 18.4. The Kier molecular flexibility index (Phi) is 5.85. The first-order valence-corrected chi connectivity index (χ1v) is 9.39. The van der Waals surface area contributed by atoms with Crippen LogP contribution < -0.4 is 0 Å². The summed E-state index contributed by atoms with van der Waals surface area (Å²) in [6.45, 7) is 2.74. The SMILES string of the molecule is O=C(c1cccc([N+](=O)[O-])c1)N1CCC(C(=O)N2CCCCCC2)CC1. The van der Waals surface area contributed by atoms with Crippen LogP contribution >= 0.6 is 0 Å². The van der Waals surface area contributed by atoms with Crippen LogP contribution in [0.3, 0.4) is 0 Å². The number of carbonyl (C=O) groups is 2. The molecule has 2 aliphatic heterocycles. The number of nitrogens with zero attached hydrogens (tertiary/aromatic N) is 3. The summed E-state index contributed by atoms with van der Waals surface area (Å²) in [6, 6.07) is 5.82. The van der Waals surface area contributed by atoms with Crippen LogP contribution in [0.4, 0.5) is 5.69 Å². The molecule has 0 bridgehead atoms. The zero-order chi connectivity index (χ0) is 18.5. The monoisotopic (exact) mass is 359 g/mol. The van der Waals surface area contributed by atoms with Gasteiger partial charge in [-0.2, -0.15) is 0 Å². The molecule has 2 fully saturated rings. The van der Waals surface area contributed by atoms with Gasteiger partial charge in [-0.05, 0) is 31.7 Å². The van der Waals surface area contributed by atoms with Crippen molar-refractivity contribution in [2.24, 2.45) is 5.92 Å². The van der Waals surface area contributed by atoms with Crippen molar-refractivity contribution in [3.63, 3.8) is 0 Å². The van der Waals surface area contributed by atoms with Gasteiger partial charge < -0.3 is 9.80 Å². The molecule has 7 nitrogen and oxygen atoms in total. The minimum atomic E-state index is -0.497. The molecule has 1 aromatic carbocycles. The van der Waals surface area contributed by atoms with E-state index in [-0.39, 0.29) is 23.4 Å². The number of likely N-dealkylation sites (tertiary alicyclic amines) is 2. The number of nitro groups is 1. The van der Waals surface area contributed by atoms with Crippen LogP contribution in [0.5, 0.6) is 0 Å². The average Bonchev–Trinajstić information content (AvgIpc) is 2.96. The summed E-state index contributed by atoms with van der Waals surface area (Å²) in [7, 11) is 0. The number of piperidine rings is 1. The fourth-order valence-corrected chi connectivity index (χ4v) is 3.81. The van der Waals surface area contributed by atoms with Gasteiger partial charge in [0.25, 0.3) is 11.6 Å². The van der Waals surface area contributed by atoms with Gasteiger partial charge in [-0.15, -0.1) is 0 Å². The van der Waals surface area contributed by atoms with E-state index in [2.05, 4.69) is 0 Å². The van der Waals surface area contributed by atoms with Gasteiger partial charge in [0.15, 0.2) is 0 Å². The fraction of sp³-hybridized carbons (Fsp3) is 0.579. The number of benzene rings is 1. The third-order valence-electron chi connectivity index (χ3n) is 5.35. The summed E-state index contributed by atoms with van der Waals surface area (Å²) < 4.78 is 0. The number of nitro benzene ring substituents is 1. The summed E-state index contributed by atoms with van der Waals surface area (Å²) in [5.74, 6) is 0.0194. The van der Waals surface area contributed by atoms with Crippen LogP contribution in [0.25, 0.3) is 0 Å². The van der Waals surface area contributed by atoms with E-state index in [1.165, 1.54) is 31.0 Å². The molecule has 0 aromatic heterocycles. The van der Waals surface area contributed by atoms with Crippen LogP contribution in [0.2, 0.25) is 0 Å². The zero-order valence-electron chi connectivity index (χ0n) is 14.9. The van der Waals surface area contributed by atoms with Gasteiger partial charge in [0, 0.05) is 49.8 Å². The number of non-ortho nitro benzene ring substituents is 1. The largest absolute Gasteiger partial charge is 0.342 e. The Morgan fingerprint density at radius 3 is 2.23 bits per heavy atom. The van der Waals surface area contributed by atoms with E-state index in [9.17, 15) is 19.7 Å². The van der Waals surface area contributed by atoms with Crippen molar-refractivity contribution >= 4 is 17.5 Å². The van der Waals surface area contributed by atoms with E-state index in [1.807, 2.05) is 4.90 Å². The van der Waals surface area contributed by atoms with Crippen molar-refractivity contribution < 1.29 is 14.5 Å². The van der Waals surface area contributed by atoms with Crippen LogP contribution in [0, 0.1) is 16.0 Å². The predicted molar refractivity (Wildman–Crippen MR) is 96.8 cm³/mol. The molecule has 0 unspecified atom stereocenters. The fourth-order valence-electron chi connectivity index (χ4n) is 3.81. The molecule has 0 atom stereocenters. The number of rotatable bonds is 3. The van der Waals surface area contributed by atoms with Gasteiger partial charge in [0.2, 0.25) is 5.91 Å². The zero-order valence-corrected chi connectivity index (χ0v) is 14.9. The normalized spacial score (nSPS) is 19.1. The highest BCUT2D eigenvalue weighted by Gasteiger charge is 2.31. The topological polar surface area (TPSA) is 83.8 Å². The molecule has 0 aliphatic carbocycles. The van der Waals surface area contributed by atoms with E-state index in [0.717, 1.165) is 25.9 Å². The molecule has 26 heavy (non-hydrogen) atoms. The maximum atomic E-state index is 12.7. The molecular formula is C19H25N3O4. The molecule has 7 heteroatoms. The van der Waals surface area contributed by atoms with E-state index >= 15 is 0 Å². The standard InChI is InChI=1S/C19H25N3O4/c23-18(20-10-3-1-2-4-11-20)15-8-12-21(13-9-15)19(24)16-6-5-7-17(14-16)22(25)26/h5-7,14-15H,1-4,8-13H2. The van der Waals surface area contributed by atoms with E-state index < -0.39 is 4.92 Å². The Morgan fingerprint density at radius 2 is 1.62 bits per heavy atom. The van der Waals surface area contributed by atoms with E-state index in [1.54, 1.807) is 11.0 Å². The Balaban J connectivity index is 1.57. The molecule has 0 spiro atoms. The highest BCUT2D eigenvalue weighted by atomic mass is 16.6. The van der Waals surface area contributed by atoms with Crippen molar-refractivity contribution in [1.82, 2.24) is 9.80 Å². The molecule has 0 radical (unpaired) electrons. The van der Waals surface area contributed by atoms with Gasteiger partial charge >= 0.3 is 0 Å². The lowest BCUT2D eigenvalue weighted by Crippen LogP contribution is -2.44. The van der Waals surface area contributed by atoms with E-state index in [0.29, 0.717) is 31.5 Å². The molecule has 2 aliphatic rings. The lowest BCUT2D eigenvalue weighted by molar-refractivity contribution is -0.384. The van der Waals surface area contributed by atoms with Crippen LogP contribution in [-0.4, -0.2) is 52.7 Å². The van der Waals surface area contributed by atoms with Crippen LogP contribution in [-0.2, 0) is 4.79 Å². The van der Waals surface area contributed by atoms with Crippen molar-refractivity contribution in [1.29, 1.82) is 0 Å². The predicted octanol–water partition coefficient (Wildman–Crippen LogP) is 2.85. The minimum absolute atomic E-state index is 0.0118. The maximum absolute atomic E-state index is 12.7. The summed E-state index contributed by atoms with van der Waals surface area (Å²) in [4.78, 5) is 39.4. The first-order valence-electron chi connectivity index (χ1n) is 9.39. The molecule has 3 rings (SSSR count). The maximum Gasteiger partial charge on any atom is 0.270 e. The molecule has 2 saturated heterocycles. The van der Waals surface area contributed by atoms with Crippen LogP contribution in [0.15, 0.2) is 24.3 Å². The molecule has 0 saturated carbocycles. The first-order chi connectivity index (χ1) is 12.6. The van der Waals surface area contributed by atoms with Gasteiger partial charge in [0.1, 0.15) is 0 Å². The molecule has 2 heterocycles. The highest BCUT2D eigenvalue weighted by Crippen LogP contribution is 2.23. The second-order valence-corrected chi connectivity index (χ2v) is 7.11. The van der Waals surface area contributed by atoms with Gasteiger partial charge in [-0.1, -0.05) is 18.9 Å². The second kappa shape index (κ2) is 8.29. The van der Waals surface area contributed by atoms with Crippen molar-refractivity contribution in [3.8, 4) is 0 Å². The van der Waals surface area contributed by atoms with Crippen LogP contribution in [0.1, 0.15) is 48.9 Å². The van der Waals surface area contributed by atoms with Gasteiger partial charge in [0.05, 0.1) is 4.92 Å². The lowest BCUT2D eigenvalue weighted by Gasteiger charge is -2.34. The Bertz CT molecular complexity index is 675.